The van der Waals surface area contributed by atoms with Crippen LogP contribution in [0.25, 0.3) is 0 Å². The van der Waals surface area contributed by atoms with Gasteiger partial charge in [0.15, 0.2) is 5.96 Å². The van der Waals surface area contributed by atoms with Crippen LogP contribution >= 0.6 is 24.0 Å². The Labute approximate surface area is 172 Å². The number of nitrogens with one attached hydrogen (secondary N) is 2. The molecule has 2 aromatic rings. The summed E-state index contributed by atoms with van der Waals surface area (Å²) in [4.78, 5) is 8.89. The fourth-order valence-electron chi connectivity index (χ4n) is 2.35. The van der Waals surface area contributed by atoms with E-state index in [1.807, 2.05) is 50.2 Å². The molecule has 0 fully saturated rings. The second kappa shape index (κ2) is 12.3. The second-order valence-corrected chi connectivity index (χ2v) is 5.26. The van der Waals surface area contributed by atoms with Gasteiger partial charge in [-0.1, -0.05) is 24.3 Å². The standard InChI is InChI=1S/C19H26N4O2.HI/c1-4-20-19(22-13-15-9-6-7-11-17(15)24-3)23-14-16-10-8-12-21-18(16)25-5-2;/h6-12H,4-5,13-14H2,1-3H3,(H2,20,22,23);1H. The van der Waals surface area contributed by atoms with Crippen molar-refractivity contribution in [3.05, 3.63) is 53.7 Å². The molecular formula is C19H27IN4O2. The first kappa shape index (κ1) is 22.0. The summed E-state index contributed by atoms with van der Waals surface area (Å²) in [7, 11) is 1.68. The first-order valence-corrected chi connectivity index (χ1v) is 8.49. The highest BCUT2D eigenvalue weighted by molar-refractivity contribution is 14.0. The maximum Gasteiger partial charge on any atom is 0.218 e. The monoisotopic (exact) mass is 470 g/mol. The fraction of sp³-hybridized carbons (Fsp3) is 0.368. The van der Waals surface area contributed by atoms with E-state index in [-0.39, 0.29) is 24.0 Å². The number of methoxy groups -OCH3 is 1. The predicted octanol–water partition coefficient (Wildman–Crippen LogP) is 3.36. The third-order valence-corrected chi connectivity index (χ3v) is 3.52. The largest absolute Gasteiger partial charge is 0.496 e. The zero-order chi connectivity index (χ0) is 17.9. The predicted molar refractivity (Wildman–Crippen MR) is 115 cm³/mol. The van der Waals surface area contributed by atoms with Crippen molar-refractivity contribution in [2.45, 2.75) is 26.9 Å². The summed E-state index contributed by atoms with van der Waals surface area (Å²) in [6.45, 7) is 6.46. The lowest BCUT2D eigenvalue weighted by Gasteiger charge is -2.14. The molecule has 1 heterocycles. The van der Waals surface area contributed by atoms with Crippen molar-refractivity contribution in [2.24, 2.45) is 4.99 Å². The molecule has 0 saturated heterocycles. The molecule has 0 spiro atoms. The van der Waals surface area contributed by atoms with Crippen LogP contribution in [0, 0.1) is 0 Å². The normalized spacial score (nSPS) is 10.7. The molecule has 1 aromatic carbocycles. The van der Waals surface area contributed by atoms with Gasteiger partial charge in [0.25, 0.3) is 0 Å². The molecule has 6 nitrogen and oxygen atoms in total. The molecule has 0 aliphatic carbocycles. The van der Waals surface area contributed by atoms with Crippen molar-refractivity contribution in [1.82, 2.24) is 15.6 Å². The number of rotatable bonds is 8. The minimum atomic E-state index is 0. The molecule has 1 aromatic heterocycles. The van der Waals surface area contributed by atoms with Gasteiger partial charge in [-0.15, -0.1) is 24.0 Å². The van der Waals surface area contributed by atoms with Gasteiger partial charge in [-0.2, -0.15) is 0 Å². The summed E-state index contributed by atoms with van der Waals surface area (Å²) in [5.41, 5.74) is 2.03. The van der Waals surface area contributed by atoms with E-state index in [1.54, 1.807) is 13.3 Å². The van der Waals surface area contributed by atoms with E-state index in [1.165, 1.54) is 0 Å². The topological polar surface area (TPSA) is 67.8 Å². The number of aromatic nitrogens is 1. The molecule has 0 radical (unpaired) electrons. The number of nitrogens with zero attached hydrogens (tertiary/aromatic N) is 2. The Bertz CT molecular complexity index is 695. The number of halogens is 1. The van der Waals surface area contributed by atoms with E-state index < -0.39 is 0 Å². The van der Waals surface area contributed by atoms with Crippen LogP contribution in [0.3, 0.4) is 0 Å². The molecule has 2 N–H and O–H groups in total. The molecular weight excluding hydrogens is 443 g/mol. The summed E-state index contributed by atoms with van der Waals surface area (Å²) in [5, 5.41) is 6.58. The number of para-hydroxylation sites is 1. The van der Waals surface area contributed by atoms with Gasteiger partial charge in [0, 0.05) is 30.4 Å². The van der Waals surface area contributed by atoms with E-state index in [0.717, 1.165) is 29.4 Å². The molecule has 2 rings (SSSR count). The first-order valence-electron chi connectivity index (χ1n) is 8.49. The van der Waals surface area contributed by atoms with Gasteiger partial charge in [0.2, 0.25) is 5.88 Å². The van der Waals surface area contributed by atoms with Crippen molar-refractivity contribution in [2.75, 3.05) is 20.3 Å². The van der Waals surface area contributed by atoms with E-state index in [9.17, 15) is 0 Å². The van der Waals surface area contributed by atoms with Crippen LogP contribution in [0.4, 0.5) is 0 Å². The molecule has 0 amide bonds. The Morgan fingerprint density at radius 3 is 2.58 bits per heavy atom. The van der Waals surface area contributed by atoms with Crippen LogP contribution in [0.5, 0.6) is 11.6 Å². The van der Waals surface area contributed by atoms with Crippen LogP contribution < -0.4 is 20.1 Å². The third kappa shape index (κ3) is 6.70. The number of benzene rings is 1. The van der Waals surface area contributed by atoms with E-state index in [0.29, 0.717) is 25.6 Å². The molecule has 0 aliphatic rings. The summed E-state index contributed by atoms with van der Waals surface area (Å²) in [6.07, 6.45) is 1.73. The lowest BCUT2D eigenvalue weighted by molar-refractivity contribution is 0.323. The van der Waals surface area contributed by atoms with Gasteiger partial charge in [0.1, 0.15) is 5.75 Å². The minimum absolute atomic E-state index is 0. The summed E-state index contributed by atoms with van der Waals surface area (Å²) in [5.74, 6) is 2.23. The Morgan fingerprint density at radius 1 is 1.08 bits per heavy atom. The molecule has 26 heavy (non-hydrogen) atoms. The number of hydrogen-bond donors (Lipinski definition) is 2. The van der Waals surface area contributed by atoms with Gasteiger partial charge in [0.05, 0.1) is 20.3 Å². The molecule has 0 saturated carbocycles. The summed E-state index contributed by atoms with van der Waals surface area (Å²) < 4.78 is 10.9. The third-order valence-electron chi connectivity index (χ3n) is 3.52. The highest BCUT2D eigenvalue weighted by Crippen LogP contribution is 2.17. The molecule has 0 unspecified atom stereocenters. The quantitative estimate of drug-likeness (QED) is 0.352. The van der Waals surface area contributed by atoms with Crippen molar-refractivity contribution >= 4 is 29.9 Å². The van der Waals surface area contributed by atoms with Gasteiger partial charge in [-0.25, -0.2) is 9.98 Å². The number of ether oxygens (including phenoxy) is 2. The van der Waals surface area contributed by atoms with Gasteiger partial charge in [-0.3, -0.25) is 0 Å². The van der Waals surface area contributed by atoms with Gasteiger partial charge < -0.3 is 20.1 Å². The summed E-state index contributed by atoms with van der Waals surface area (Å²) >= 11 is 0. The van der Waals surface area contributed by atoms with Crippen molar-refractivity contribution < 1.29 is 9.47 Å². The molecule has 0 atom stereocenters. The Morgan fingerprint density at radius 2 is 1.85 bits per heavy atom. The van der Waals surface area contributed by atoms with Gasteiger partial charge in [-0.05, 0) is 26.0 Å². The number of guanidine groups is 1. The van der Waals surface area contributed by atoms with Crippen LogP contribution in [0.15, 0.2) is 47.6 Å². The maximum atomic E-state index is 5.55. The van der Waals surface area contributed by atoms with Crippen molar-refractivity contribution in [3.63, 3.8) is 0 Å². The van der Waals surface area contributed by atoms with Crippen LogP contribution in [-0.4, -0.2) is 31.2 Å². The minimum Gasteiger partial charge on any atom is -0.496 e. The number of hydrogen-bond acceptors (Lipinski definition) is 4. The van der Waals surface area contributed by atoms with Gasteiger partial charge >= 0.3 is 0 Å². The molecule has 142 valence electrons. The second-order valence-electron chi connectivity index (χ2n) is 5.26. The Kier molecular flexibility index (Phi) is 10.5. The van der Waals surface area contributed by atoms with E-state index in [4.69, 9.17) is 9.47 Å². The van der Waals surface area contributed by atoms with Crippen LogP contribution in [-0.2, 0) is 13.1 Å². The molecule has 0 bridgehead atoms. The maximum absolute atomic E-state index is 5.55. The average Bonchev–Trinajstić information content (AvgIpc) is 2.65. The molecule has 7 heteroatoms. The van der Waals surface area contributed by atoms with Crippen molar-refractivity contribution in [3.8, 4) is 11.6 Å². The fourth-order valence-corrected chi connectivity index (χ4v) is 2.35. The zero-order valence-corrected chi connectivity index (χ0v) is 17.8. The zero-order valence-electron chi connectivity index (χ0n) is 15.5. The number of pyridine rings is 1. The lowest BCUT2D eigenvalue weighted by atomic mass is 10.2. The highest BCUT2D eigenvalue weighted by Gasteiger charge is 2.06. The van der Waals surface area contributed by atoms with Crippen molar-refractivity contribution in [1.29, 1.82) is 0 Å². The Balaban J connectivity index is 0.00000338. The van der Waals surface area contributed by atoms with E-state index in [2.05, 4.69) is 20.6 Å². The van der Waals surface area contributed by atoms with E-state index >= 15 is 0 Å². The van der Waals surface area contributed by atoms with Crippen LogP contribution in [0.1, 0.15) is 25.0 Å². The smallest absolute Gasteiger partial charge is 0.218 e. The Hall–Kier alpha value is -2.03. The summed E-state index contributed by atoms with van der Waals surface area (Å²) in [6, 6.07) is 11.8. The van der Waals surface area contributed by atoms with Crippen LogP contribution in [0.2, 0.25) is 0 Å². The average molecular weight is 470 g/mol. The highest BCUT2D eigenvalue weighted by atomic mass is 127. The first-order chi connectivity index (χ1) is 12.3. The lowest BCUT2D eigenvalue weighted by Crippen LogP contribution is -2.36. The molecule has 0 aliphatic heterocycles. The number of aliphatic imine (C=N–C) groups is 1. The SMILES string of the molecule is CCNC(=NCc1cccnc1OCC)NCc1ccccc1OC.I.